The van der Waals surface area contributed by atoms with E-state index in [1.165, 1.54) is 45.9 Å². The van der Waals surface area contributed by atoms with Crippen LogP contribution in [0.5, 0.6) is 0 Å². The van der Waals surface area contributed by atoms with E-state index in [0.29, 0.717) is 0 Å². The fraction of sp³-hybridized carbons (Fsp3) is 0.586. The van der Waals surface area contributed by atoms with Crippen LogP contribution in [0.1, 0.15) is 91.2 Å². The quantitative estimate of drug-likeness (QED) is 0.357. The number of hydrogen-bond donors (Lipinski definition) is 0. The Morgan fingerprint density at radius 1 is 0.552 bits per heavy atom. The lowest BCUT2D eigenvalue weighted by Crippen LogP contribution is -2.15. The summed E-state index contributed by atoms with van der Waals surface area (Å²) < 4.78 is 0. The molecule has 4 aliphatic carbocycles. The van der Waals surface area contributed by atoms with Crippen molar-refractivity contribution < 1.29 is 0 Å². The van der Waals surface area contributed by atoms with Crippen LogP contribution in [-0.2, 0) is 6.42 Å². The van der Waals surface area contributed by atoms with Crippen molar-refractivity contribution in [2.24, 2.45) is 23.7 Å². The fourth-order valence-corrected chi connectivity index (χ4v) is 6.10. The summed E-state index contributed by atoms with van der Waals surface area (Å²) in [6, 6.07) is 17.3. The Kier molecular flexibility index (Phi) is 9.98. The Balaban J connectivity index is 0.000000168. The minimum absolute atomic E-state index is 1.10. The van der Waals surface area contributed by atoms with E-state index >= 15 is 0 Å². The van der Waals surface area contributed by atoms with E-state index in [0.717, 1.165) is 6.42 Å². The predicted molar refractivity (Wildman–Crippen MR) is 130 cm³/mol. The van der Waals surface area contributed by atoms with Gasteiger partial charge in [0.15, 0.2) is 0 Å². The molecule has 0 heteroatoms. The molecule has 0 aromatic heterocycles. The molecule has 0 spiro atoms. The maximum Gasteiger partial charge on any atom is -0.00135 e. The van der Waals surface area contributed by atoms with Gasteiger partial charge in [0.2, 0.25) is 0 Å². The van der Waals surface area contributed by atoms with Gasteiger partial charge in [0.05, 0.1) is 0 Å². The molecular weight excluding hydrogens is 348 g/mol. The molecule has 0 N–H and O–H groups in total. The summed E-state index contributed by atoms with van der Waals surface area (Å²) in [5, 5.41) is 0. The standard InChI is InChI=1S/C13H10.C10H16.3C2H6/c1-3-7-12-10(5-1)9-11-6-2-4-8-13(11)12;1-2-9-7-4-5-8(6-7)10(9)3-1;3*1-2/h1-8H,9H2;7-10H,1-6H2;3*1-2H3. The van der Waals surface area contributed by atoms with Crippen LogP contribution >= 0.6 is 0 Å². The molecule has 2 aromatic carbocycles. The Hall–Kier alpha value is -1.56. The maximum absolute atomic E-state index is 2.22. The van der Waals surface area contributed by atoms with Crippen molar-refractivity contribution in [3.8, 4) is 11.1 Å². The highest BCUT2D eigenvalue weighted by atomic mass is 14.5. The van der Waals surface area contributed by atoms with Gasteiger partial charge in [-0.3, -0.25) is 0 Å². The van der Waals surface area contributed by atoms with E-state index in [9.17, 15) is 0 Å². The zero-order chi connectivity index (χ0) is 21.2. The normalized spacial score (nSPS) is 26.0. The highest BCUT2D eigenvalue weighted by molar-refractivity contribution is 5.76. The largest absolute Gasteiger partial charge is 0.0683 e. The van der Waals surface area contributed by atoms with Gasteiger partial charge in [0, 0.05) is 0 Å². The highest BCUT2D eigenvalue weighted by Gasteiger charge is 2.48. The second-order valence-electron chi connectivity index (χ2n) is 8.08. The summed E-state index contributed by atoms with van der Waals surface area (Å²) in [6.07, 6.45) is 10.6. The van der Waals surface area contributed by atoms with E-state index in [4.69, 9.17) is 0 Å². The molecule has 0 radical (unpaired) electrons. The van der Waals surface area contributed by atoms with Crippen LogP contribution < -0.4 is 0 Å². The summed E-state index contributed by atoms with van der Waals surface area (Å²) in [5.41, 5.74) is 5.75. The molecule has 0 saturated heterocycles. The van der Waals surface area contributed by atoms with Crippen molar-refractivity contribution in [1.29, 1.82) is 0 Å². The molecule has 29 heavy (non-hydrogen) atoms. The van der Waals surface area contributed by atoms with Crippen molar-refractivity contribution >= 4 is 0 Å². The second-order valence-corrected chi connectivity index (χ2v) is 8.08. The lowest BCUT2D eigenvalue weighted by molar-refractivity contribution is 0.259. The summed E-state index contributed by atoms with van der Waals surface area (Å²) >= 11 is 0. The van der Waals surface area contributed by atoms with Gasteiger partial charge in [-0.25, -0.2) is 0 Å². The van der Waals surface area contributed by atoms with Gasteiger partial charge < -0.3 is 0 Å². The lowest BCUT2D eigenvalue weighted by atomic mass is 9.82. The average molecular weight is 393 g/mol. The number of hydrogen-bond acceptors (Lipinski definition) is 0. The van der Waals surface area contributed by atoms with Crippen molar-refractivity contribution in [3.63, 3.8) is 0 Å². The van der Waals surface area contributed by atoms with Gasteiger partial charge in [-0.05, 0) is 84.5 Å². The summed E-state index contributed by atoms with van der Waals surface area (Å²) in [4.78, 5) is 0. The summed E-state index contributed by atoms with van der Waals surface area (Å²) in [6.45, 7) is 12.0. The monoisotopic (exact) mass is 392 g/mol. The molecule has 4 atom stereocenters. The molecule has 2 bridgehead atoms. The molecule has 2 aromatic rings. The van der Waals surface area contributed by atoms with Crippen LogP contribution in [0.3, 0.4) is 0 Å². The van der Waals surface area contributed by atoms with Crippen molar-refractivity contribution in [1.82, 2.24) is 0 Å². The third kappa shape index (κ3) is 5.14. The van der Waals surface area contributed by atoms with E-state index in [1.54, 1.807) is 38.5 Å². The van der Waals surface area contributed by atoms with Crippen molar-refractivity contribution in [2.75, 3.05) is 0 Å². The van der Waals surface area contributed by atoms with Gasteiger partial charge in [0.1, 0.15) is 0 Å². The second kappa shape index (κ2) is 12.2. The molecule has 6 rings (SSSR count). The van der Waals surface area contributed by atoms with Crippen LogP contribution in [0, 0.1) is 23.7 Å². The first-order valence-corrected chi connectivity index (χ1v) is 12.6. The molecule has 0 aliphatic heterocycles. The van der Waals surface area contributed by atoms with Gasteiger partial charge in [-0.15, -0.1) is 0 Å². The molecule has 160 valence electrons. The zero-order valence-corrected chi connectivity index (χ0v) is 19.9. The minimum Gasteiger partial charge on any atom is -0.0683 e. The molecule has 3 saturated carbocycles. The highest BCUT2D eigenvalue weighted by Crippen LogP contribution is 2.58. The van der Waals surface area contributed by atoms with Crippen LogP contribution in [-0.4, -0.2) is 0 Å². The Labute approximate surface area is 181 Å². The third-order valence-electron chi connectivity index (χ3n) is 7.06. The first kappa shape index (κ1) is 23.7. The van der Waals surface area contributed by atoms with Crippen molar-refractivity contribution in [3.05, 3.63) is 59.7 Å². The van der Waals surface area contributed by atoms with E-state index < -0.39 is 0 Å². The van der Waals surface area contributed by atoms with Crippen LogP contribution in [0.25, 0.3) is 11.1 Å². The summed E-state index contributed by atoms with van der Waals surface area (Å²) in [7, 11) is 0. The topological polar surface area (TPSA) is 0 Å². The SMILES string of the molecule is C1CC2C3CCC(C3)C2C1.CC.CC.CC.c1ccc2c(c1)Cc1ccccc1-2. The number of benzene rings is 2. The third-order valence-corrected chi connectivity index (χ3v) is 7.06. The molecule has 0 heterocycles. The van der Waals surface area contributed by atoms with E-state index in [1.807, 2.05) is 41.5 Å². The Morgan fingerprint density at radius 3 is 1.41 bits per heavy atom. The predicted octanol–water partition coefficient (Wildman–Crippen LogP) is 9.17. The molecule has 0 nitrogen and oxygen atoms in total. The smallest absolute Gasteiger partial charge is 0.00135 e. The van der Waals surface area contributed by atoms with Crippen molar-refractivity contribution in [2.45, 2.75) is 86.5 Å². The van der Waals surface area contributed by atoms with Gasteiger partial charge >= 0.3 is 0 Å². The maximum atomic E-state index is 2.22. The lowest BCUT2D eigenvalue weighted by Gasteiger charge is -2.23. The molecule has 4 aliphatic rings. The fourth-order valence-electron chi connectivity index (χ4n) is 6.10. The average Bonchev–Trinajstić information content (AvgIpc) is 3.60. The first-order valence-electron chi connectivity index (χ1n) is 12.6. The van der Waals surface area contributed by atoms with Crippen LogP contribution in [0.15, 0.2) is 48.5 Å². The number of fused-ring (bicyclic) bond motifs is 8. The van der Waals surface area contributed by atoms with E-state index in [2.05, 4.69) is 48.5 Å². The molecule has 0 amide bonds. The number of rotatable bonds is 0. The summed E-state index contributed by atoms with van der Waals surface area (Å²) in [5.74, 6) is 4.80. The molecular formula is C29H44. The van der Waals surface area contributed by atoms with Gasteiger partial charge in [-0.2, -0.15) is 0 Å². The first-order chi connectivity index (χ1) is 14.4. The van der Waals surface area contributed by atoms with E-state index in [-0.39, 0.29) is 0 Å². The Morgan fingerprint density at radius 2 is 0.966 bits per heavy atom. The minimum atomic E-state index is 1.10. The zero-order valence-electron chi connectivity index (χ0n) is 19.9. The van der Waals surface area contributed by atoms with Crippen LogP contribution in [0.4, 0.5) is 0 Å². The molecule has 3 fully saturated rings. The Bertz CT molecular complexity index is 654. The van der Waals surface area contributed by atoms with Gasteiger partial charge in [0.25, 0.3) is 0 Å². The molecule has 4 unspecified atom stereocenters. The van der Waals surface area contributed by atoms with Gasteiger partial charge in [-0.1, -0.05) is 96.5 Å². The van der Waals surface area contributed by atoms with Crippen LogP contribution in [0.2, 0.25) is 0 Å².